The van der Waals surface area contributed by atoms with Crippen molar-refractivity contribution >= 4 is 5.97 Å². The maximum absolute atomic E-state index is 11.4. The molecular weight excluding hydrogens is 216 g/mol. The van der Waals surface area contributed by atoms with Crippen molar-refractivity contribution in [3.63, 3.8) is 0 Å². The summed E-state index contributed by atoms with van der Waals surface area (Å²) in [7, 11) is 1.36. The molecule has 17 heavy (non-hydrogen) atoms. The Labute approximate surface area is 102 Å². The van der Waals surface area contributed by atoms with Crippen molar-refractivity contribution in [2.75, 3.05) is 7.11 Å². The second kappa shape index (κ2) is 4.78. The van der Waals surface area contributed by atoms with E-state index in [4.69, 9.17) is 0 Å². The average molecular weight is 236 g/mol. The minimum atomic E-state index is -0.361. The van der Waals surface area contributed by atoms with Gasteiger partial charge in [-0.15, -0.1) is 0 Å². The summed E-state index contributed by atoms with van der Waals surface area (Å²) in [5.74, 6) is -0.432. The summed E-state index contributed by atoms with van der Waals surface area (Å²) < 4.78 is 4.68. The van der Waals surface area contributed by atoms with E-state index >= 15 is 0 Å². The molecule has 0 fully saturated rings. The summed E-state index contributed by atoms with van der Waals surface area (Å²) in [6, 6.07) is 5.37. The van der Waals surface area contributed by atoms with Crippen molar-refractivity contribution in [1.82, 2.24) is 0 Å². The average Bonchev–Trinajstić information content (AvgIpc) is 2.25. The van der Waals surface area contributed by atoms with E-state index in [9.17, 15) is 9.90 Å². The number of rotatable bonds is 2. The number of hydrogen-bond acceptors (Lipinski definition) is 3. The molecule has 1 aromatic carbocycles. The molecule has 0 aliphatic rings. The topological polar surface area (TPSA) is 46.5 Å². The molecule has 3 heteroatoms. The molecule has 0 spiro atoms. The zero-order valence-electron chi connectivity index (χ0n) is 11.1. The van der Waals surface area contributed by atoms with Gasteiger partial charge in [0.05, 0.1) is 13.0 Å². The van der Waals surface area contributed by atoms with Gasteiger partial charge < -0.3 is 9.84 Å². The molecule has 0 saturated carbocycles. The Morgan fingerprint density at radius 2 is 1.94 bits per heavy atom. The quantitative estimate of drug-likeness (QED) is 0.803. The smallest absolute Gasteiger partial charge is 0.312 e. The van der Waals surface area contributed by atoms with Gasteiger partial charge in [-0.25, -0.2) is 0 Å². The highest BCUT2D eigenvalue weighted by Gasteiger charge is 2.21. The maximum Gasteiger partial charge on any atom is 0.312 e. The normalized spacial score (nSPS) is 13.2. The van der Waals surface area contributed by atoms with E-state index in [1.54, 1.807) is 13.0 Å². The van der Waals surface area contributed by atoms with Crippen molar-refractivity contribution in [3.8, 4) is 5.75 Å². The zero-order valence-corrected chi connectivity index (χ0v) is 11.1. The monoisotopic (exact) mass is 236 g/mol. The van der Waals surface area contributed by atoms with Gasteiger partial charge in [-0.3, -0.25) is 4.79 Å². The molecule has 0 saturated heterocycles. The van der Waals surface area contributed by atoms with Crippen LogP contribution in [0.4, 0.5) is 0 Å². The Kier molecular flexibility index (Phi) is 3.81. The molecule has 0 heterocycles. The molecule has 1 unspecified atom stereocenters. The van der Waals surface area contributed by atoms with Gasteiger partial charge in [-0.2, -0.15) is 0 Å². The van der Waals surface area contributed by atoms with E-state index < -0.39 is 0 Å². The van der Waals surface area contributed by atoms with Crippen molar-refractivity contribution in [3.05, 3.63) is 29.3 Å². The summed E-state index contributed by atoms with van der Waals surface area (Å²) in [6.45, 7) is 7.86. The van der Waals surface area contributed by atoms with Crippen LogP contribution in [0.15, 0.2) is 18.2 Å². The highest BCUT2D eigenvalue weighted by Crippen LogP contribution is 2.33. The van der Waals surface area contributed by atoms with Crippen LogP contribution in [0.25, 0.3) is 0 Å². The van der Waals surface area contributed by atoms with E-state index in [2.05, 4.69) is 4.74 Å². The van der Waals surface area contributed by atoms with Gasteiger partial charge in [-0.05, 0) is 29.5 Å². The molecule has 1 aromatic rings. The number of ether oxygens (including phenoxy) is 1. The van der Waals surface area contributed by atoms with Crippen LogP contribution in [0.1, 0.15) is 44.7 Å². The maximum atomic E-state index is 11.4. The third-order valence-electron chi connectivity index (χ3n) is 2.88. The van der Waals surface area contributed by atoms with Crippen LogP contribution in [0.2, 0.25) is 0 Å². The van der Waals surface area contributed by atoms with Crippen molar-refractivity contribution < 1.29 is 14.6 Å². The van der Waals surface area contributed by atoms with Gasteiger partial charge in [-0.1, -0.05) is 32.9 Å². The Balaban J connectivity index is 3.09. The number of methoxy groups -OCH3 is 1. The van der Waals surface area contributed by atoms with E-state index in [0.29, 0.717) is 0 Å². The summed E-state index contributed by atoms with van der Waals surface area (Å²) in [6.07, 6.45) is 0. The predicted molar refractivity (Wildman–Crippen MR) is 67.2 cm³/mol. The van der Waals surface area contributed by atoms with E-state index in [-0.39, 0.29) is 23.1 Å². The molecule has 0 aromatic heterocycles. The summed E-state index contributed by atoms with van der Waals surface area (Å²) in [4.78, 5) is 11.4. The molecular formula is C14H20O3. The molecule has 3 nitrogen and oxygen atoms in total. The van der Waals surface area contributed by atoms with Gasteiger partial charge in [0.25, 0.3) is 0 Å². The highest BCUT2D eigenvalue weighted by atomic mass is 16.5. The fraction of sp³-hybridized carbons (Fsp3) is 0.500. The molecule has 0 aliphatic carbocycles. The fourth-order valence-corrected chi connectivity index (χ4v) is 1.77. The van der Waals surface area contributed by atoms with Crippen molar-refractivity contribution in [2.24, 2.45) is 0 Å². The van der Waals surface area contributed by atoms with Crippen LogP contribution in [-0.4, -0.2) is 18.2 Å². The van der Waals surface area contributed by atoms with Crippen LogP contribution >= 0.6 is 0 Å². The number of phenols is 1. The Hall–Kier alpha value is -1.51. The molecule has 94 valence electrons. The largest absolute Gasteiger partial charge is 0.508 e. The van der Waals surface area contributed by atoms with E-state index in [1.807, 2.05) is 32.9 Å². The molecule has 1 atom stereocenters. The molecule has 1 rings (SSSR count). The molecule has 0 aliphatic heterocycles. The third kappa shape index (κ3) is 2.99. The predicted octanol–water partition coefficient (Wildman–Crippen LogP) is 2.97. The Morgan fingerprint density at radius 3 is 2.35 bits per heavy atom. The van der Waals surface area contributed by atoms with Crippen molar-refractivity contribution in [1.29, 1.82) is 0 Å². The first kappa shape index (κ1) is 13.6. The van der Waals surface area contributed by atoms with Gasteiger partial charge in [0, 0.05) is 0 Å². The number of carbonyl (C=O) groups is 1. The van der Waals surface area contributed by atoms with Gasteiger partial charge in [0.2, 0.25) is 0 Å². The van der Waals surface area contributed by atoms with Gasteiger partial charge in [0.1, 0.15) is 5.75 Å². The first-order valence-corrected chi connectivity index (χ1v) is 5.68. The third-order valence-corrected chi connectivity index (χ3v) is 2.88. The molecule has 1 N–H and O–H groups in total. The standard InChI is InChI=1S/C14H20O3/c1-9(13(16)17-5)10-6-7-11(12(15)8-10)14(2,3)4/h6-9,15H,1-5H3. The SMILES string of the molecule is COC(=O)C(C)c1ccc(C(C)(C)C)c(O)c1. The van der Waals surface area contributed by atoms with Crippen LogP contribution in [0.3, 0.4) is 0 Å². The van der Waals surface area contributed by atoms with Crippen LogP contribution in [0.5, 0.6) is 5.75 Å². The van der Waals surface area contributed by atoms with E-state index in [0.717, 1.165) is 11.1 Å². The summed E-state index contributed by atoms with van der Waals surface area (Å²) in [5, 5.41) is 9.98. The lowest BCUT2D eigenvalue weighted by Crippen LogP contribution is -2.13. The molecule has 0 bridgehead atoms. The minimum Gasteiger partial charge on any atom is -0.508 e. The highest BCUT2D eigenvalue weighted by molar-refractivity contribution is 5.77. The van der Waals surface area contributed by atoms with E-state index in [1.165, 1.54) is 7.11 Å². The van der Waals surface area contributed by atoms with Crippen LogP contribution < -0.4 is 0 Å². The van der Waals surface area contributed by atoms with Crippen LogP contribution in [-0.2, 0) is 14.9 Å². The second-order valence-corrected chi connectivity index (χ2v) is 5.27. The number of carbonyl (C=O) groups excluding carboxylic acids is 1. The number of esters is 1. The van der Waals surface area contributed by atoms with Gasteiger partial charge in [0.15, 0.2) is 0 Å². The first-order valence-electron chi connectivity index (χ1n) is 5.68. The lowest BCUT2D eigenvalue weighted by Gasteiger charge is -2.21. The zero-order chi connectivity index (χ0) is 13.2. The minimum absolute atomic E-state index is 0.114. The number of benzene rings is 1. The Bertz CT molecular complexity index is 416. The lowest BCUT2D eigenvalue weighted by molar-refractivity contribution is -0.141. The van der Waals surface area contributed by atoms with Crippen molar-refractivity contribution in [2.45, 2.75) is 39.0 Å². The lowest BCUT2D eigenvalue weighted by atomic mass is 9.85. The summed E-state index contributed by atoms with van der Waals surface area (Å²) >= 11 is 0. The fourth-order valence-electron chi connectivity index (χ4n) is 1.77. The number of phenolic OH excluding ortho intramolecular Hbond substituents is 1. The number of hydrogen-bond donors (Lipinski definition) is 1. The first-order chi connectivity index (χ1) is 7.77. The Morgan fingerprint density at radius 1 is 1.35 bits per heavy atom. The second-order valence-electron chi connectivity index (χ2n) is 5.27. The van der Waals surface area contributed by atoms with Gasteiger partial charge >= 0.3 is 5.97 Å². The summed E-state index contributed by atoms with van der Waals surface area (Å²) in [5.41, 5.74) is 1.53. The van der Waals surface area contributed by atoms with Crippen LogP contribution in [0, 0.1) is 0 Å². The molecule has 0 radical (unpaired) electrons. The number of aromatic hydroxyl groups is 1. The molecule has 0 amide bonds.